The van der Waals surface area contributed by atoms with Gasteiger partial charge in [-0.1, -0.05) is 13.3 Å². The molecule has 3 heteroatoms. The molecule has 0 heterocycles. The third-order valence-electron chi connectivity index (χ3n) is 1.57. The number of hydrogen-bond acceptors (Lipinski definition) is 3. The summed E-state index contributed by atoms with van der Waals surface area (Å²) in [5.41, 5.74) is 0. The van der Waals surface area contributed by atoms with E-state index >= 15 is 0 Å². The van der Waals surface area contributed by atoms with Gasteiger partial charge in [0.25, 0.3) is 0 Å². The highest BCUT2D eigenvalue weighted by Gasteiger charge is 2.27. The summed E-state index contributed by atoms with van der Waals surface area (Å²) in [4.78, 5) is 0. The molecule has 0 radical (unpaired) electrons. The van der Waals surface area contributed by atoms with E-state index in [-0.39, 0.29) is 6.42 Å². The van der Waals surface area contributed by atoms with Crippen LogP contribution in [0, 0.1) is 0 Å². The van der Waals surface area contributed by atoms with Gasteiger partial charge in [-0.15, -0.1) is 0 Å². The maximum Gasteiger partial charge on any atom is 0.189 e. The van der Waals surface area contributed by atoms with Crippen LogP contribution in [0.4, 0.5) is 0 Å². The Balaban J connectivity index is 3.63. The first-order chi connectivity index (χ1) is 4.50. The monoisotopic (exact) mass is 148 g/mol. The minimum absolute atomic E-state index is 0.237. The first-order valence-corrected chi connectivity index (χ1v) is 3.63. The standard InChI is InChI=1S/C7H16O3/c1-3-4-5-7(9,10)6(2)8/h6,8-10H,3-5H2,1-2H3. The summed E-state index contributed by atoms with van der Waals surface area (Å²) < 4.78 is 0. The lowest BCUT2D eigenvalue weighted by Gasteiger charge is -2.24. The van der Waals surface area contributed by atoms with Crippen LogP contribution in [0.15, 0.2) is 0 Å². The van der Waals surface area contributed by atoms with Gasteiger partial charge in [-0.3, -0.25) is 0 Å². The molecular formula is C7H16O3. The number of aliphatic hydroxyl groups is 3. The molecule has 0 bridgehead atoms. The van der Waals surface area contributed by atoms with Crippen molar-refractivity contribution in [2.24, 2.45) is 0 Å². The number of hydrogen-bond donors (Lipinski definition) is 3. The molecule has 0 saturated heterocycles. The van der Waals surface area contributed by atoms with E-state index in [9.17, 15) is 0 Å². The van der Waals surface area contributed by atoms with Crippen LogP contribution in [0.3, 0.4) is 0 Å². The predicted octanol–water partition coefficient (Wildman–Crippen LogP) is 0.238. The molecule has 0 spiro atoms. The van der Waals surface area contributed by atoms with Crippen molar-refractivity contribution >= 4 is 0 Å². The van der Waals surface area contributed by atoms with E-state index in [1.807, 2.05) is 6.92 Å². The highest BCUT2D eigenvalue weighted by Crippen LogP contribution is 2.14. The van der Waals surface area contributed by atoms with Crippen LogP contribution in [0.1, 0.15) is 33.1 Å². The van der Waals surface area contributed by atoms with Crippen molar-refractivity contribution in [1.29, 1.82) is 0 Å². The molecule has 0 amide bonds. The fourth-order valence-corrected chi connectivity index (χ4v) is 0.646. The van der Waals surface area contributed by atoms with Crippen molar-refractivity contribution in [3.05, 3.63) is 0 Å². The third kappa shape index (κ3) is 3.15. The summed E-state index contributed by atoms with van der Waals surface area (Å²) >= 11 is 0. The molecule has 0 saturated carbocycles. The second-order valence-electron chi connectivity index (χ2n) is 2.66. The van der Waals surface area contributed by atoms with E-state index in [1.165, 1.54) is 6.92 Å². The maximum atomic E-state index is 9.03. The molecule has 0 aromatic carbocycles. The van der Waals surface area contributed by atoms with Crippen LogP contribution in [-0.4, -0.2) is 27.2 Å². The Hall–Kier alpha value is -0.120. The van der Waals surface area contributed by atoms with Crippen LogP contribution in [0.5, 0.6) is 0 Å². The molecule has 0 fully saturated rings. The summed E-state index contributed by atoms with van der Waals surface area (Å²) in [5.74, 6) is -1.89. The maximum absolute atomic E-state index is 9.03. The van der Waals surface area contributed by atoms with Gasteiger partial charge in [0.05, 0.1) is 0 Å². The third-order valence-corrected chi connectivity index (χ3v) is 1.57. The lowest BCUT2D eigenvalue weighted by atomic mass is 10.0. The first kappa shape index (κ1) is 9.88. The molecule has 0 aromatic heterocycles. The van der Waals surface area contributed by atoms with Crippen LogP contribution in [0.25, 0.3) is 0 Å². The van der Waals surface area contributed by atoms with Gasteiger partial charge < -0.3 is 15.3 Å². The van der Waals surface area contributed by atoms with E-state index < -0.39 is 11.9 Å². The van der Waals surface area contributed by atoms with Gasteiger partial charge in [0.1, 0.15) is 6.10 Å². The molecule has 3 N–H and O–H groups in total. The Morgan fingerprint density at radius 1 is 1.40 bits per heavy atom. The summed E-state index contributed by atoms with van der Waals surface area (Å²) in [6, 6.07) is 0. The van der Waals surface area contributed by atoms with Gasteiger partial charge in [0.2, 0.25) is 0 Å². The second-order valence-corrected chi connectivity index (χ2v) is 2.66. The lowest BCUT2D eigenvalue weighted by molar-refractivity contribution is -0.223. The Labute approximate surface area is 61.3 Å². The Morgan fingerprint density at radius 2 is 1.90 bits per heavy atom. The lowest BCUT2D eigenvalue weighted by Crippen LogP contribution is -2.39. The molecule has 0 aliphatic heterocycles. The van der Waals surface area contributed by atoms with Crippen molar-refractivity contribution in [3.63, 3.8) is 0 Å². The highest BCUT2D eigenvalue weighted by atomic mass is 16.5. The van der Waals surface area contributed by atoms with Gasteiger partial charge in [0.15, 0.2) is 5.79 Å². The Morgan fingerprint density at radius 3 is 2.20 bits per heavy atom. The van der Waals surface area contributed by atoms with Gasteiger partial charge in [0, 0.05) is 6.42 Å². The van der Waals surface area contributed by atoms with Crippen molar-refractivity contribution < 1.29 is 15.3 Å². The number of rotatable bonds is 4. The summed E-state index contributed by atoms with van der Waals surface area (Å²) in [6.45, 7) is 3.33. The zero-order valence-corrected chi connectivity index (χ0v) is 6.54. The zero-order chi connectivity index (χ0) is 8.20. The molecule has 0 aliphatic rings. The second kappa shape index (κ2) is 3.91. The molecule has 0 aromatic rings. The molecule has 0 rings (SSSR count). The van der Waals surface area contributed by atoms with Gasteiger partial charge in [-0.25, -0.2) is 0 Å². The average Bonchev–Trinajstić information content (AvgIpc) is 1.84. The predicted molar refractivity (Wildman–Crippen MR) is 38.4 cm³/mol. The Kier molecular flexibility index (Phi) is 3.86. The topological polar surface area (TPSA) is 60.7 Å². The average molecular weight is 148 g/mol. The van der Waals surface area contributed by atoms with E-state index in [0.717, 1.165) is 12.8 Å². The minimum Gasteiger partial charge on any atom is -0.388 e. The van der Waals surface area contributed by atoms with Gasteiger partial charge >= 0.3 is 0 Å². The quantitative estimate of drug-likeness (QED) is 0.500. The highest BCUT2D eigenvalue weighted by molar-refractivity contribution is 4.69. The molecule has 10 heavy (non-hydrogen) atoms. The summed E-state index contributed by atoms with van der Waals surface area (Å²) in [6.07, 6.45) is 0.785. The van der Waals surface area contributed by atoms with E-state index in [0.29, 0.717) is 0 Å². The summed E-state index contributed by atoms with van der Waals surface area (Å²) in [5, 5.41) is 26.9. The number of unbranched alkanes of at least 4 members (excludes halogenated alkanes) is 1. The van der Waals surface area contributed by atoms with E-state index in [1.54, 1.807) is 0 Å². The molecule has 0 aliphatic carbocycles. The van der Waals surface area contributed by atoms with Crippen molar-refractivity contribution in [3.8, 4) is 0 Å². The van der Waals surface area contributed by atoms with E-state index in [2.05, 4.69) is 0 Å². The van der Waals surface area contributed by atoms with Crippen molar-refractivity contribution in [1.82, 2.24) is 0 Å². The van der Waals surface area contributed by atoms with E-state index in [4.69, 9.17) is 15.3 Å². The molecule has 1 unspecified atom stereocenters. The first-order valence-electron chi connectivity index (χ1n) is 3.63. The van der Waals surface area contributed by atoms with Crippen molar-refractivity contribution in [2.75, 3.05) is 0 Å². The zero-order valence-electron chi connectivity index (χ0n) is 6.54. The fourth-order valence-electron chi connectivity index (χ4n) is 0.646. The molecular weight excluding hydrogens is 132 g/mol. The largest absolute Gasteiger partial charge is 0.388 e. The Bertz CT molecular complexity index is 88.9. The fraction of sp³-hybridized carbons (Fsp3) is 1.00. The minimum atomic E-state index is -1.89. The van der Waals surface area contributed by atoms with Crippen LogP contribution in [-0.2, 0) is 0 Å². The smallest absolute Gasteiger partial charge is 0.189 e. The summed E-state index contributed by atoms with van der Waals surface area (Å²) in [7, 11) is 0. The molecule has 62 valence electrons. The SMILES string of the molecule is CCCCC(O)(O)C(C)O. The van der Waals surface area contributed by atoms with Crippen LogP contribution >= 0.6 is 0 Å². The number of aliphatic hydroxyl groups excluding tert-OH is 1. The van der Waals surface area contributed by atoms with Crippen molar-refractivity contribution in [2.45, 2.75) is 45.0 Å². The van der Waals surface area contributed by atoms with Crippen LogP contribution in [0.2, 0.25) is 0 Å². The molecule has 1 atom stereocenters. The molecule has 3 nitrogen and oxygen atoms in total. The van der Waals surface area contributed by atoms with Crippen LogP contribution < -0.4 is 0 Å². The van der Waals surface area contributed by atoms with Gasteiger partial charge in [-0.05, 0) is 13.3 Å². The van der Waals surface area contributed by atoms with Gasteiger partial charge in [-0.2, -0.15) is 0 Å². The normalized spacial score (nSPS) is 15.3.